The quantitative estimate of drug-likeness (QED) is 0.822. The topological polar surface area (TPSA) is 34.1 Å². The van der Waals surface area contributed by atoms with Crippen molar-refractivity contribution in [2.45, 2.75) is 58.1 Å². The number of nitrogens with zero attached hydrogens (tertiary/aromatic N) is 1. The van der Waals surface area contributed by atoms with E-state index in [4.69, 9.17) is 4.74 Å². The van der Waals surface area contributed by atoms with Crippen LogP contribution in [0.15, 0.2) is 5.51 Å². The predicted molar refractivity (Wildman–Crippen MR) is 76.1 cm³/mol. The Balaban J connectivity index is 1.90. The largest absolute Gasteiger partial charge is 0.378 e. The zero-order valence-electron chi connectivity index (χ0n) is 11.4. The van der Waals surface area contributed by atoms with Gasteiger partial charge in [-0.3, -0.25) is 0 Å². The van der Waals surface area contributed by atoms with Crippen molar-refractivity contribution in [3.63, 3.8) is 0 Å². The lowest BCUT2D eigenvalue weighted by atomic mass is 10.0. The molecule has 2 rings (SSSR count). The summed E-state index contributed by atoms with van der Waals surface area (Å²) in [6.45, 7) is 6.35. The maximum absolute atomic E-state index is 5.72. The highest BCUT2D eigenvalue weighted by Crippen LogP contribution is 2.28. The van der Waals surface area contributed by atoms with Crippen molar-refractivity contribution in [1.82, 2.24) is 10.3 Å². The van der Waals surface area contributed by atoms with E-state index in [2.05, 4.69) is 24.1 Å². The van der Waals surface area contributed by atoms with Gasteiger partial charge in [0.2, 0.25) is 0 Å². The molecule has 2 unspecified atom stereocenters. The maximum Gasteiger partial charge on any atom is 0.0798 e. The zero-order chi connectivity index (χ0) is 12.8. The average Bonchev–Trinajstić information content (AvgIpc) is 3.01. The molecule has 1 fully saturated rings. The first-order valence-electron chi connectivity index (χ1n) is 7.06. The third-order valence-electron chi connectivity index (χ3n) is 3.54. The Hall–Kier alpha value is -0.450. The van der Waals surface area contributed by atoms with Gasteiger partial charge in [-0.15, -0.1) is 11.3 Å². The molecule has 1 aliphatic rings. The predicted octanol–water partition coefficient (Wildman–Crippen LogP) is 3.45. The lowest BCUT2D eigenvalue weighted by Gasteiger charge is -2.19. The molecule has 1 saturated heterocycles. The fraction of sp³-hybridized carbons (Fsp3) is 0.786. The van der Waals surface area contributed by atoms with Crippen LogP contribution in [0.25, 0.3) is 0 Å². The van der Waals surface area contributed by atoms with E-state index in [9.17, 15) is 0 Å². The molecular weight excluding hydrogens is 244 g/mol. The molecule has 2 heterocycles. The zero-order valence-corrected chi connectivity index (χ0v) is 12.3. The average molecular weight is 268 g/mol. The maximum atomic E-state index is 5.72. The van der Waals surface area contributed by atoms with E-state index in [1.165, 1.54) is 36.3 Å². The van der Waals surface area contributed by atoms with Crippen LogP contribution in [0.4, 0.5) is 0 Å². The SMILES string of the molecule is CCCNC(CCC1CCCO1)c1scnc1C. The van der Waals surface area contributed by atoms with Crippen LogP contribution < -0.4 is 5.32 Å². The molecule has 1 aromatic rings. The minimum absolute atomic E-state index is 0.460. The molecule has 0 aromatic carbocycles. The van der Waals surface area contributed by atoms with Crippen molar-refractivity contribution >= 4 is 11.3 Å². The number of nitrogens with one attached hydrogen (secondary N) is 1. The Labute approximate surface area is 114 Å². The summed E-state index contributed by atoms with van der Waals surface area (Å²) in [5.74, 6) is 0. The Bertz CT molecular complexity index is 347. The van der Waals surface area contributed by atoms with Gasteiger partial charge in [0.25, 0.3) is 0 Å². The molecule has 4 heteroatoms. The Morgan fingerprint density at radius 2 is 2.50 bits per heavy atom. The summed E-state index contributed by atoms with van der Waals surface area (Å²) < 4.78 is 5.72. The van der Waals surface area contributed by atoms with Crippen LogP contribution in [0.2, 0.25) is 0 Å². The first kappa shape index (κ1) is 14.0. The summed E-state index contributed by atoms with van der Waals surface area (Å²) in [5, 5.41) is 3.65. The van der Waals surface area contributed by atoms with Crippen LogP contribution in [-0.4, -0.2) is 24.2 Å². The molecule has 1 aliphatic heterocycles. The molecule has 0 saturated carbocycles. The first-order chi connectivity index (χ1) is 8.81. The van der Waals surface area contributed by atoms with Gasteiger partial charge < -0.3 is 10.1 Å². The van der Waals surface area contributed by atoms with Gasteiger partial charge in [0.15, 0.2) is 0 Å². The van der Waals surface area contributed by atoms with Crippen LogP contribution in [0.1, 0.15) is 55.6 Å². The Morgan fingerprint density at radius 1 is 1.61 bits per heavy atom. The van der Waals surface area contributed by atoms with Crippen LogP contribution in [-0.2, 0) is 4.74 Å². The van der Waals surface area contributed by atoms with E-state index < -0.39 is 0 Å². The second-order valence-electron chi connectivity index (χ2n) is 5.02. The van der Waals surface area contributed by atoms with E-state index in [-0.39, 0.29) is 0 Å². The van der Waals surface area contributed by atoms with Gasteiger partial charge in [-0.1, -0.05) is 6.92 Å². The molecule has 18 heavy (non-hydrogen) atoms. The molecule has 0 amide bonds. The number of aromatic nitrogens is 1. The van der Waals surface area contributed by atoms with E-state index >= 15 is 0 Å². The molecule has 1 aromatic heterocycles. The van der Waals surface area contributed by atoms with Crippen molar-refractivity contribution in [2.75, 3.05) is 13.2 Å². The number of aryl methyl sites for hydroxylation is 1. The van der Waals surface area contributed by atoms with Gasteiger partial charge in [-0.25, -0.2) is 4.98 Å². The normalized spacial score (nSPS) is 21.3. The third kappa shape index (κ3) is 3.77. The highest BCUT2D eigenvalue weighted by atomic mass is 32.1. The lowest BCUT2D eigenvalue weighted by molar-refractivity contribution is 0.0996. The number of thiazole rings is 1. The van der Waals surface area contributed by atoms with Crippen molar-refractivity contribution in [3.8, 4) is 0 Å². The first-order valence-corrected chi connectivity index (χ1v) is 7.94. The van der Waals surface area contributed by atoms with Crippen LogP contribution in [0.3, 0.4) is 0 Å². The van der Waals surface area contributed by atoms with E-state index in [1.54, 1.807) is 11.3 Å². The third-order valence-corrected chi connectivity index (χ3v) is 4.59. The van der Waals surface area contributed by atoms with Gasteiger partial charge in [-0.05, 0) is 45.6 Å². The summed E-state index contributed by atoms with van der Waals surface area (Å²) in [6, 6.07) is 0.460. The van der Waals surface area contributed by atoms with Gasteiger partial charge >= 0.3 is 0 Å². The molecule has 3 nitrogen and oxygen atoms in total. The summed E-state index contributed by atoms with van der Waals surface area (Å²) in [7, 11) is 0. The van der Waals surface area contributed by atoms with Crippen LogP contribution in [0.5, 0.6) is 0 Å². The molecule has 0 bridgehead atoms. The summed E-state index contributed by atoms with van der Waals surface area (Å²) in [6.07, 6.45) is 6.46. The minimum Gasteiger partial charge on any atom is -0.378 e. The fourth-order valence-corrected chi connectivity index (χ4v) is 3.43. The molecule has 0 spiro atoms. The van der Waals surface area contributed by atoms with Gasteiger partial charge in [0, 0.05) is 17.5 Å². The van der Waals surface area contributed by atoms with Gasteiger partial charge in [0.05, 0.1) is 17.3 Å². The van der Waals surface area contributed by atoms with Crippen LogP contribution >= 0.6 is 11.3 Å². The van der Waals surface area contributed by atoms with Gasteiger partial charge in [-0.2, -0.15) is 0 Å². The number of ether oxygens (including phenoxy) is 1. The second kappa shape index (κ2) is 7.22. The summed E-state index contributed by atoms with van der Waals surface area (Å²) in [5.41, 5.74) is 3.14. The van der Waals surface area contributed by atoms with Crippen molar-refractivity contribution < 1.29 is 4.74 Å². The Kier molecular flexibility index (Phi) is 5.60. The standard InChI is InChI=1S/C14H24N2OS/c1-3-8-15-13(14-11(2)16-10-18-14)7-6-12-5-4-9-17-12/h10,12-13,15H,3-9H2,1-2H3. The van der Waals surface area contributed by atoms with E-state index in [1.807, 2.05) is 5.51 Å². The number of hydrogen-bond acceptors (Lipinski definition) is 4. The minimum atomic E-state index is 0.460. The molecule has 1 N–H and O–H groups in total. The summed E-state index contributed by atoms with van der Waals surface area (Å²) in [4.78, 5) is 5.78. The molecule has 0 aliphatic carbocycles. The molecule has 2 atom stereocenters. The van der Waals surface area contributed by atoms with Gasteiger partial charge in [0.1, 0.15) is 0 Å². The van der Waals surface area contributed by atoms with E-state index in [0.717, 1.165) is 19.6 Å². The molecule has 0 radical (unpaired) electrons. The van der Waals surface area contributed by atoms with E-state index in [0.29, 0.717) is 12.1 Å². The van der Waals surface area contributed by atoms with Crippen molar-refractivity contribution in [2.24, 2.45) is 0 Å². The highest BCUT2D eigenvalue weighted by Gasteiger charge is 2.20. The Morgan fingerprint density at radius 3 is 3.11 bits per heavy atom. The van der Waals surface area contributed by atoms with Crippen molar-refractivity contribution in [1.29, 1.82) is 0 Å². The number of hydrogen-bond donors (Lipinski definition) is 1. The van der Waals surface area contributed by atoms with Crippen molar-refractivity contribution in [3.05, 3.63) is 16.1 Å². The molecular formula is C14H24N2OS. The second-order valence-corrected chi connectivity index (χ2v) is 5.91. The van der Waals surface area contributed by atoms with Crippen LogP contribution in [0, 0.1) is 6.92 Å². The summed E-state index contributed by atoms with van der Waals surface area (Å²) >= 11 is 1.78. The highest BCUT2D eigenvalue weighted by molar-refractivity contribution is 7.09. The monoisotopic (exact) mass is 268 g/mol. The molecule has 102 valence electrons. The lowest BCUT2D eigenvalue weighted by Crippen LogP contribution is -2.23. The smallest absolute Gasteiger partial charge is 0.0798 e. The fourth-order valence-electron chi connectivity index (χ4n) is 2.51. The number of rotatable bonds is 7.